The summed E-state index contributed by atoms with van der Waals surface area (Å²) in [6, 6.07) is 4.74. The average Bonchev–Trinajstić information content (AvgIpc) is 3.27. The van der Waals surface area contributed by atoms with Crippen molar-refractivity contribution in [1.82, 2.24) is 19.9 Å². The fraction of sp³-hybridized carbons (Fsp3) is 0.444. The summed E-state index contributed by atoms with van der Waals surface area (Å²) < 4.78 is 21.7. The Morgan fingerprint density at radius 1 is 1.29 bits per heavy atom. The van der Waals surface area contributed by atoms with E-state index in [9.17, 15) is 14.0 Å². The second-order valence-corrected chi connectivity index (χ2v) is 6.96. The lowest BCUT2D eigenvalue weighted by Gasteiger charge is -2.34. The Balaban J connectivity index is 1.43. The van der Waals surface area contributed by atoms with Crippen LogP contribution in [-0.4, -0.2) is 71.2 Å². The van der Waals surface area contributed by atoms with Crippen LogP contribution in [0.1, 0.15) is 5.69 Å². The van der Waals surface area contributed by atoms with Crippen LogP contribution in [0, 0.1) is 12.7 Å². The third-order valence-electron chi connectivity index (χ3n) is 4.96. The van der Waals surface area contributed by atoms with E-state index in [1.165, 1.54) is 11.0 Å². The van der Waals surface area contributed by atoms with Gasteiger partial charge in [0.25, 0.3) is 0 Å². The van der Waals surface area contributed by atoms with Gasteiger partial charge in [-0.15, -0.1) is 5.10 Å². The number of cyclic esters (lactones) is 1. The lowest BCUT2D eigenvalue weighted by Crippen LogP contribution is -2.46. The zero-order chi connectivity index (χ0) is 19.7. The zero-order valence-corrected chi connectivity index (χ0v) is 15.5. The number of anilines is 2. The van der Waals surface area contributed by atoms with Gasteiger partial charge in [-0.2, -0.15) is 0 Å². The normalized spacial score (nSPS) is 19.9. The molecule has 148 valence electrons. The summed E-state index contributed by atoms with van der Waals surface area (Å²) in [6.07, 6.45) is 1.70. The van der Waals surface area contributed by atoms with Gasteiger partial charge in [0.15, 0.2) is 0 Å². The number of aromatic nitrogens is 3. The van der Waals surface area contributed by atoms with E-state index in [1.54, 1.807) is 27.9 Å². The van der Waals surface area contributed by atoms with Crippen LogP contribution < -0.4 is 9.80 Å². The van der Waals surface area contributed by atoms with Crippen LogP contribution in [0.3, 0.4) is 0 Å². The van der Waals surface area contributed by atoms with E-state index in [1.807, 2.05) is 11.8 Å². The van der Waals surface area contributed by atoms with Crippen molar-refractivity contribution in [2.75, 3.05) is 42.5 Å². The fourth-order valence-electron chi connectivity index (χ4n) is 3.51. The quantitative estimate of drug-likeness (QED) is 0.712. The van der Waals surface area contributed by atoms with Crippen LogP contribution in [0.5, 0.6) is 0 Å². The monoisotopic (exact) mass is 388 g/mol. The first kappa shape index (κ1) is 18.2. The molecule has 0 aliphatic carbocycles. The summed E-state index contributed by atoms with van der Waals surface area (Å²) in [5.74, 6) is -0.403. The van der Waals surface area contributed by atoms with Gasteiger partial charge in [-0.25, -0.2) is 13.9 Å². The van der Waals surface area contributed by atoms with Gasteiger partial charge in [-0.05, 0) is 25.1 Å². The van der Waals surface area contributed by atoms with Gasteiger partial charge in [0.1, 0.15) is 11.9 Å². The molecule has 2 aliphatic rings. The number of rotatable bonds is 5. The average molecular weight is 388 g/mol. The van der Waals surface area contributed by atoms with Crippen molar-refractivity contribution in [1.29, 1.82) is 0 Å². The van der Waals surface area contributed by atoms with E-state index in [-0.39, 0.29) is 6.10 Å². The van der Waals surface area contributed by atoms with Crippen molar-refractivity contribution in [3.8, 4) is 0 Å². The molecule has 1 atom stereocenters. The van der Waals surface area contributed by atoms with E-state index >= 15 is 0 Å². The van der Waals surface area contributed by atoms with Crippen molar-refractivity contribution in [2.24, 2.45) is 0 Å². The Hall–Kier alpha value is -3.17. The molecule has 1 aromatic heterocycles. The second-order valence-electron chi connectivity index (χ2n) is 6.96. The van der Waals surface area contributed by atoms with Gasteiger partial charge < -0.3 is 14.5 Å². The standard InChI is InChI=1S/C18H21FN6O3/c1-13-9-24(21-20-13)10-15-11-25(18(27)28-15)14-2-3-17(16(19)8-14)23-6-4-22(12-26)5-7-23/h2-3,8-9,12,15H,4-7,10-11H2,1H3/t15-/m0/s1. The number of carbonyl (C=O) groups excluding carboxylic acids is 2. The third kappa shape index (κ3) is 3.62. The highest BCUT2D eigenvalue weighted by Crippen LogP contribution is 2.28. The highest BCUT2D eigenvalue weighted by Gasteiger charge is 2.33. The van der Waals surface area contributed by atoms with Gasteiger partial charge in [-0.3, -0.25) is 9.69 Å². The topological polar surface area (TPSA) is 83.8 Å². The van der Waals surface area contributed by atoms with Crippen LogP contribution in [0.2, 0.25) is 0 Å². The molecule has 0 unspecified atom stereocenters. The number of halogens is 1. The molecule has 9 nitrogen and oxygen atoms in total. The maximum atomic E-state index is 14.7. The van der Waals surface area contributed by atoms with Gasteiger partial charge in [0, 0.05) is 32.4 Å². The van der Waals surface area contributed by atoms with Crippen LogP contribution in [-0.2, 0) is 16.1 Å². The maximum absolute atomic E-state index is 14.7. The molecule has 0 N–H and O–H groups in total. The molecule has 1 aromatic carbocycles. The minimum atomic E-state index is -0.506. The highest BCUT2D eigenvalue weighted by molar-refractivity contribution is 5.90. The largest absolute Gasteiger partial charge is 0.442 e. The Labute approximate surface area is 161 Å². The first-order chi connectivity index (χ1) is 13.5. The molecule has 0 bridgehead atoms. The molecular formula is C18H21FN6O3. The van der Waals surface area contributed by atoms with Crippen molar-refractivity contribution in [2.45, 2.75) is 19.6 Å². The molecule has 2 saturated heterocycles. The Kier molecular flexibility index (Phi) is 4.84. The molecular weight excluding hydrogens is 367 g/mol. The molecule has 10 heteroatoms. The summed E-state index contributed by atoms with van der Waals surface area (Å²) in [5.41, 5.74) is 1.71. The summed E-state index contributed by atoms with van der Waals surface area (Å²) in [7, 11) is 0. The van der Waals surface area contributed by atoms with Gasteiger partial charge in [0.05, 0.1) is 30.2 Å². The molecule has 0 radical (unpaired) electrons. The first-order valence-electron chi connectivity index (χ1n) is 9.12. The molecule has 4 rings (SSSR count). The Bertz CT molecular complexity index is 880. The molecule has 2 amide bonds. The van der Waals surface area contributed by atoms with Crippen molar-refractivity contribution < 1.29 is 18.7 Å². The van der Waals surface area contributed by atoms with Crippen LogP contribution in [0.25, 0.3) is 0 Å². The first-order valence-corrected chi connectivity index (χ1v) is 9.12. The van der Waals surface area contributed by atoms with E-state index in [0.29, 0.717) is 50.6 Å². The summed E-state index contributed by atoms with van der Waals surface area (Å²) in [5, 5.41) is 7.87. The summed E-state index contributed by atoms with van der Waals surface area (Å²) in [6.45, 7) is 4.80. The van der Waals surface area contributed by atoms with E-state index < -0.39 is 11.9 Å². The number of nitrogens with zero attached hydrogens (tertiary/aromatic N) is 6. The highest BCUT2D eigenvalue weighted by atomic mass is 19.1. The molecule has 2 aromatic rings. The molecule has 0 spiro atoms. The Morgan fingerprint density at radius 3 is 2.71 bits per heavy atom. The SMILES string of the molecule is Cc1cn(C[C@H]2CN(c3ccc(N4CCN(C=O)CC4)c(F)c3)C(=O)O2)nn1. The smallest absolute Gasteiger partial charge is 0.414 e. The van der Waals surface area contributed by atoms with Crippen molar-refractivity contribution in [3.63, 3.8) is 0 Å². The lowest BCUT2D eigenvalue weighted by atomic mass is 10.2. The lowest BCUT2D eigenvalue weighted by molar-refractivity contribution is -0.118. The van der Waals surface area contributed by atoms with Crippen LogP contribution in [0.15, 0.2) is 24.4 Å². The summed E-state index contributed by atoms with van der Waals surface area (Å²) >= 11 is 0. The third-order valence-corrected chi connectivity index (χ3v) is 4.96. The van der Waals surface area contributed by atoms with Crippen LogP contribution >= 0.6 is 0 Å². The molecule has 2 fully saturated rings. The predicted molar refractivity (Wildman–Crippen MR) is 98.6 cm³/mol. The molecule has 0 saturated carbocycles. The zero-order valence-electron chi connectivity index (χ0n) is 15.5. The number of ether oxygens (including phenoxy) is 1. The molecule has 2 aliphatic heterocycles. The van der Waals surface area contributed by atoms with Crippen molar-refractivity contribution >= 4 is 23.9 Å². The van der Waals surface area contributed by atoms with E-state index in [4.69, 9.17) is 4.74 Å². The molecule has 28 heavy (non-hydrogen) atoms. The summed E-state index contributed by atoms with van der Waals surface area (Å²) in [4.78, 5) is 28.0. The van der Waals surface area contributed by atoms with Gasteiger partial charge in [-0.1, -0.05) is 5.21 Å². The maximum Gasteiger partial charge on any atom is 0.414 e. The number of piperazine rings is 1. The van der Waals surface area contributed by atoms with E-state index in [2.05, 4.69) is 10.3 Å². The number of hydrogen-bond donors (Lipinski definition) is 0. The second kappa shape index (κ2) is 7.45. The minimum absolute atomic E-state index is 0.314. The predicted octanol–water partition coefficient (Wildman–Crippen LogP) is 1.03. The fourth-order valence-corrected chi connectivity index (χ4v) is 3.51. The van der Waals surface area contributed by atoms with Gasteiger partial charge in [0.2, 0.25) is 6.41 Å². The van der Waals surface area contributed by atoms with E-state index in [0.717, 1.165) is 12.1 Å². The molecule has 3 heterocycles. The van der Waals surface area contributed by atoms with Crippen LogP contribution in [0.4, 0.5) is 20.6 Å². The number of benzene rings is 1. The number of aryl methyl sites for hydroxylation is 1. The van der Waals surface area contributed by atoms with Crippen molar-refractivity contribution in [3.05, 3.63) is 35.9 Å². The number of amides is 2. The Morgan fingerprint density at radius 2 is 2.07 bits per heavy atom. The number of carbonyl (C=O) groups is 2. The number of hydrogen-bond acceptors (Lipinski definition) is 6. The van der Waals surface area contributed by atoms with Gasteiger partial charge >= 0.3 is 6.09 Å². The minimum Gasteiger partial charge on any atom is -0.442 e.